The summed E-state index contributed by atoms with van der Waals surface area (Å²) in [5, 5.41) is 9.68. The first-order chi connectivity index (χ1) is 15.0. The summed E-state index contributed by atoms with van der Waals surface area (Å²) in [6, 6.07) is 19.9. The molecule has 0 fully saturated rings. The molecule has 0 radical (unpaired) electrons. The van der Waals surface area contributed by atoms with Crippen LogP contribution in [0.5, 0.6) is 5.75 Å². The van der Waals surface area contributed by atoms with E-state index >= 15 is 0 Å². The number of hydrogen-bond acceptors (Lipinski definition) is 5. The van der Waals surface area contributed by atoms with Crippen molar-refractivity contribution in [2.45, 2.75) is 0 Å². The van der Waals surface area contributed by atoms with Crippen LogP contribution in [0.25, 0.3) is 11.3 Å². The number of rotatable bonds is 6. The fourth-order valence-corrected chi connectivity index (χ4v) is 4.20. The Morgan fingerprint density at radius 2 is 1.71 bits per heavy atom. The van der Waals surface area contributed by atoms with E-state index in [2.05, 4.69) is 15.6 Å². The lowest BCUT2D eigenvalue weighted by Gasteiger charge is -2.08. The molecule has 4 aromatic rings. The third-order valence-electron chi connectivity index (χ3n) is 4.37. The standard InChI is InChI=1S/C23H17Cl2N3O2S/c1-30-20-7-3-6-19(12-20)27-23-28-21(13-31-23)14-4-2-5-18(10-14)26-22(29)15-8-16(24)11-17(25)9-15/h2-13H,1H3,(H,26,29)(H,27,28). The molecule has 31 heavy (non-hydrogen) atoms. The van der Waals surface area contributed by atoms with Crippen molar-refractivity contribution in [1.29, 1.82) is 0 Å². The number of halogens is 2. The van der Waals surface area contributed by atoms with E-state index in [0.29, 0.717) is 21.3 Å². The molecule has 0 aliphatic rings. The molecule has 1 amide bonds. The largest absolute Gasteiger partial charge is 0.497 e. The monoisotopic (exact) mass is 469 g/mol. The summed E-state index contributed by atoms with van der Waals surface area (Å²) in [4.78, 5) is 17.2. The zero-order valence-electron chi connectivity index (χ0n) is 16.4. The second-order valence-electron chi connectivity index (χ2n) is 6.59. The van der Waals surface area contributed by atoms with Crippen LogP contribution < -0.4 is 15.4 Å². The first-order valence-electron chi connectivity index (χ1n) is 9.24. The van der Waals surface area contributed by atoms with Crippen molar-refractivity contribution in [3.8, 4) is 17.0 Å². The second-order valence-corrected chi connectivity index (χ2v) is 8.32. The highest BCUT2D eigenvalue weighted by atomic mass is 35.5. The number of anilines is 3. The van der Waals surface area contributed by atoms with Gasteiger partial charge in [-0.2, -0.15) is 0 Å². The number of amides is 1. The number of nitrogens with one attached hydrogen (secondary N) is 2. The maximum absolute atomic E-state index is 12.6. The molecule has 1 heterocycles. The molecule has 0 saturated carbocycles. The molecule has 0 saturated heterocycles. The molecule has 8 heteroatoms. The summed E-state index contributed by atoms with van der Waals surface area (Å²) < 4.78 is 5.25. The molecule has 5 nitrogen and oxygen atoms in total. The van der Waals surface area contributed by atoms with Crippen LogP contribution in [0, 0.1) is 0 Å². The number of hydrogen-bond donors (Lipinski definition) is 2. The smallest absolute Gasteiger partial charge is 0.255 e. The van der Waals surface area contributed by atoms with Gasteiger partial charge in [0.05, 0.1) is 12.8 Å². The minimum atomic E-state index is -0.291. The zero-order valence-corrected chi connectivity index (χ0v) is 18.7. The topological polar surface area (TPSA) is 63.2 Å². The molecule has 0 aliphatic heterocycles. The molecular weight excluding hydrogens is 453 g/mol. The van der Waals surface area contributed by atoms with Gasteiger partial charge in [-0.25, -0.2) is 4.98 Å². The maximum Gasteiger partial charge on any atom is 0.255 e. The minimum Gasteiger partial charge on any atom is -0.497 e. The third kappa shape index (κ3) is 5.35. The average Bonchev–Trinajstić information content (AvgIpc) is 3.22. The van der Waals surface area contributed by atoms with Gasteiger partial charge in [0, 0.05) is 44.0 Å². The second kappa shape index (κ2) is 9.39. The van der Waals surface area contributed by atoms with Crippen molar-refractivity contribution < 1.29 is 9.53 Å². The Hall–Kier alpha value is -3.06. The van der Waals surface area contributed by atoms with E-state index in [-0.39, 0.29) is 5.91 Å². The van der Waals surface area contributed by atoms with Gasteiger partial charge in [-0.05, 0) is 42.5 Å². The van der Waals surface area contributed by atoms with E-state index in [9.17, 15) is 4.79 Å². The number of benzene rings is 3. The Morgan fingerprint density at radius 1 is 0.968 bits per heavy atom. The first kappa shape index (κ1) is 21.2. The molecule has 4 rings (SSSR count). The third-order valence-corrected chi connectivity index (χ3v) is 5.56. The van der Waals surface area contributed by atoms with Crippen LogP contribution in [-0.4, -0.2) is 18.0 Å². The lowest BCUT2D eigenvalue weighted by molar-refractivity contribution is 0.102. The summed E-state index contributed by atoms with van der Waals surface area (Å²) in [6.07, 6.45) is 0. The van der Waals surface area contributed by atoms with E-state index in [0.717, 1.165) is 27.8 Å². The van der Waals surface area contributed by atoms with Crippen molar-refractivity contribution in [1.82, 2.24) is 4.98 Å². The zero-order chi connectivity index (χ0) is 21.8. The lowest BCUT2D eigenvalue weighted by Crippen LogP contribution is -2.11. The normalized spacial score (nSPS) is 10.5. The quantitative estimate of drug-likeness (QED) is 0.315. The van der Waals surface area contributed by atoms with E-state index in [1.54, 1.807) is 25.3 Å². The lowest BCUT2D eigenvalue weighted by atomic mass is 10.1. The Kier molecular flexibility index (Phi) is 6.42. The Bertz CT molecular complexity index is 1220. The van der Waals surface area contributed by atoms with Gasteiger partial charge in [-0.1, -0.05) is 41.4 Å². The van der Waals surface area contributed by atoms with E-state index in [1.165, 1.54) is 11.3 Å². The number of nitrogens with zero attached hydrogens (tertiary/aromatic N) is 1. The van der Waals surface area contributed by atoms with Gasteiger partial charge in [-0.15, -0.1) is 11.3 Å². The van der Waals surface area contributed by atoms with Crippen molar-refractivity contribution >= 4 is 57.0 Å². The minimum absolute atomic E-state index is 0.291. The summed E-state index contributed by atoms with van der Waals surface area (Å²) >= 11 is 13.5. The number of carbonyl (C=O) groups is 1. The van der Waals surface area contributed by atoms with Crippen LogP contribution in [0.1, 0.15) is 10.4 Å². The SMILES string of the molecule is COc1cccc(Nc2nc(-c3cccc(NC(=O)c4cc(Cl)cc(Cl)c4)c3)cs2)c1. The van der Waals surface area contributed by atoms with Crippen LogP contribution in [0.2, 0.25) is 10.0 Å². The van der Waals surface area contributed by atoms with Gasteiger partial charge in [0.15, 0.2) is 5.13 Å². The van der Waals surface area contributed by atoms with Crippen LogP contribution >= 0.6 is 34.5 Å². The molecule has 0 atom stereocenters. The van der Waals surface area contributed by atoms with E-state index < -0.39 is 0 Å². The molecule has 0 unspecified atom stereocenters. The maximum atomic E-state index is 12.6. The predicted molar refractivity (Wildman–Crippen MR) is 128 cm³/mol. The molecule has 1 aromatic heterocycles. The number of aromatic nitrogens is 1. The van der Waals surface area contributed by atoms with Gasteiger partial charge in [0.25, 0.3) is 5.91 Å². The molecule has 0 bridgehead atoms. The van der Waals surface area contributed by atoms with E-state index in [4.69, 9.17) is 27.9 Å². The van der Waals surface area contributed by atoms with E-state index in [1.807, 2.05) is 53.9 Å². The van der Waals surface area contributed by atoms with Crippen molar-refractivity contribution in [2.24, 2.45) is 0 Å². The van der Waals surface area contributed by atoms with Crippen LogP contribution in [0.3, 0.4) is 0 Å². The van der Waals surface area contributed by atoms with Crippen LogP contribution in [0.15, 0.2) is 72.1 Å². The molecule has 156 valence electrons. The van der Waals surface area contributed by atoms with Crippen LogP contribution in [0.4, 0.5) is 16.5 Å². The average molecular weight is 470 g/mol. The van der Waals surface area contributed by atoms with Crippen molar-refractivity contribution in [3.63, 3.8) is 0 Å². The number of carbonyl (C=O) groups excluding carboxylic acids is 1. The molecule has 0 spiro atoms. The summed E-state index contributed by atoms with van der Waals surface area (Å²) in [6.45, 7) is 0. The summed E-state index contributed by atoms with van der Waals surface area (Å²) in [5.41, 5.74) is 3.62. The highest BCUT2D eigenvalue weighted by Crippen LogP contribution is 2.30. The molecule has 2 N–H and O–H groups in total. The predicted octanol–water partition coefficient (Wildman–Crippen LogP) is 7.12. The number of ether oxygens (including phenoxy) is 1. The first-order valence-corrected chi connectivity index (χ1v) is 10.9. The number of methoxy groups -OCH3 is 1. The summed E-state index contributed by atoms with van der Waals surface area (Å²) in [7, 11) is 1.63. The van der Waals surface area contributed by atoms with Gasteiger partial charge >= 0.3 is 0 Å². The number of thiazole rings is 1. The van der Waals surface area contributed by atoms with Gasteiger partial charge in [0.1, 0.15) is 5.75 Å². The fraction of sp³-hybridized carbons (Fsp3) is 0.0435. The van der Waals surface area contributed by atoms with Crippen LogP contribution in [-0.2, 0) is 0 Å². The Morgan fingerprint density at radius 3 is 2.48 bits per heavy atom. The van der Waals surface area contributed by atoms with Gasteiger partial charge < -0.3 is 15.4 Å². The summed E-state index contributed by atoms with van der Waals surface area (Å²) in [5.74, 6) is 0.478. The Balaban J connectivity index is 1.50. The molecular formula is C23H17Cl2N3O2S. The molecule has 0 aliphatic carbocycles. The molecule has 3 aromatic carbocycles. The fourth-order valence-electron chi connectivity index (χ4n) is 2.93. The highest BCUT2D eigenvalue weighted by Gasteiger charge is 2.10. The van der Waals surface area contributed by atoms with Crippen molar-refractivity contribution in [3.05, 3.63) is 87.7 Å². The highest BCUT2D eigenvalue weighted by molar-refractivity contribution is 7.14. The van der Waals surface area contributed by atoms with Gasteiger partial charge in [0.2, 0.25) is 0 Å². The van der Waals surface area contributed by atoms with Crippen molar-refractivity contribution in [2.75, 3.05) is 17.7 Å². The van der Waals surface area contributed by atoms with Gasteiger partial charge in [-0.3, -0.25) is 4.79 Å². The Labute approximate surface area is 193 Å².